The van der Waals surface area contributed by atoms with Crippen molar-refractivity contribution in [2.75, 3.05) is 0 Å². The Kier molecular flexibility index (Phi) is 2.37. The summed E-state index contributed by atoms with van der Waals surface area (Å²) in [4.78, 5) is 16.0. The number of nitrogens with zero attached hydrogens (tertiary/aromatic N) is 2. The molecule has 76 valence electrons. The van der Waals surface area contributed by atoms with Crippen molar-refractivity contribution in [1.29, 1.82) is 0 Å². The topological polar surface area (TPSA) is 55.1 Å². The first-order chi connectivity index (χ1) is 6.68. The first kappa shape index (κ1) is 9.40. The van der Waals surface area contributed by atoms with Crippen molar-refractivity contribution in [3.63, 3.8) is 0 Å². The van der Waals surface area contributed by atoms with Crippen molar-refractivity contribution in [3.05, 3.63) is 27.9 Å². The van der Waals surface area contributed by atoms with Gasteiger partial charge in [0.2, 0.25) is 0 Å². The van der Waals surface area contributed by atoms with Gasteiger partial charge in [-0.3, -0.25) is 9.36 Å². The van der Waals surface area contributed by atoms with Crippen molar-refractivity contribution < 1.29 is 5.11 Å². The third-order valence-electron chi connectivity index (χ3n) is 2.52. The lowest BCUT2D eigenvalue weighted by Gasteiger charge is -2.08. The lowest BCUT2D eigenvalue weighted by Crippen LogP contribution is -2.28. The van der Waals surface area contributed by atoms with E-state index < -0.39 is 6.10 Å². The third-order valence-corrected chi connectivity index (χ3v) is 2.52. The molecule has 1 aliphatic rings. The molecular formula is C10H14N2O2. The fraction of sp³-hybridized carbons (Fsp3) is 0.600. The Morgan fingerprint density at radius 1 is 1.64 bits per heavy atom. The van der Waals surface area contributed by atoms with Crippen molar-refractivity contribution in [2.24, 2.45) is 0 Å². The summed E-state index contributed by atoms with van der Waals surface area (Å²) in [6.07, 6.45) is 3.81. The average molecular weight is 194 g/mol. The van der Waals surface area contributed by atoms with E-state index in [0.29, 0.717) is 6.54 Å². The van der Waals surface area contributed by atoms with E-state index in [9.17, 15) is 9.90 Å². The summed E-state index contributed by atoms with van der Waals surface area (Å²) in [5.41, 5.74) is 1.80. The van der Waals surface area contributed by atoms with Crippen molar-refractivity contribution in [1.82, 2.24) is 9.55 Å². The van der Waals surface area contributed by atoms with Gasteiger partial charge in [0.15, 0.2) is 0 Å². The highest BCUT2D eigenvalue weighted by Gasteiger charge is 2.17. The van der Waals surface area contributed by atoms with Crippen LogP contribution in [0.25, 0.3) is 0 Å². The zero-order valence-corrected chi connectivity index (χ0v) is 8.23. The van der Waals surface area contributed by atoms with Gasteiger partial charge in [0.1, 0.15) is 0 Å². The second-order valence-electron chi connectivity index (χ2n) is 3.83. The van der Waals surface area contributed by atoms with Gasteiger partial charge in [-0.2, -0.15) is 0 Å². The minimum absolute atomic E-state index is 0.0217. The Balaban J connectivity index is 2.40. The number of aliphatic hydroxyl groups excluding tert-OH is 1. The van der Waals surface area contributed by atoms with Gasteiger partial charge in [0, 0.05) is 5.56 Å². The predicted octanol–water partition coefficient (Wildman–Crippen LogP) is 0.113. The SMILES string of the molecule is CC(O)Cn1cnc2c(c1=O)CCC2. The van der Waals surface area contributed by atoms with Gasteiger partial charge in [0.25, 0.3) is 5.56 Å². The largest absolute Gasteiger partial charge is 0.392 e. The molecule has 0 saturated heterocycles. The van der Waals surface area contributed by atoms with Gasteiger partial charge < -0.3 is 5.11 Å². The summed E-state index contributed by atoms with van der Waals surface area (Å²) in [5.74, 6) is 0. The quantitative estimate of drug-likeness (QED) is 0.727. The summed E-state index contributed by atoms with van der Waals surface area (Å²) in [7, 11) is 0. The van der Waals surface area contributed by atoms with E-state index >= 15 is 0 Å². The fourth-order valence-electron chi connectivity index (χ4n) is 1.88. The molecule has 1 aromatic heterocycles. The molecule has 1 aliphatic carbocycles. The van der Waals surface area contributed by atoms with Crippen LogP contribution in [0.1, 0.15) is 24.6 Å². The Morgan fingerprint density at radius 3 is 3.14 bits per heavy atom. The number of aryl methyl sites for hydroxylation is 1. The number of aromatic nitrogens is 2. The average Bonchev–Trinajstić information content (AvgIpc) is 2.57. The van der Waals surface area contributed by atoms with Gasteiger partial charge in [-0.05, 0) is 26.2 Å². The molecule has 1 N–H and O–H groups in total. The number of rotatable bonds is 2. The molecule has 0 spiro atoms. The van der Waals surface area contributed by atoms with Crippen LogP contribution >= 0.6 is 0 Å². The maximum absolute atomic E-state index is 11.8. The number of fused-ring (bicyclic) bond motifs is 1. The van der Waals surface area contributed by atoms with E-state index in [0.717, 1.165) is 30.5 Å². The standard InChI is InChI=1S/C10H14N2O2/c1-7(13)5-12-6-11-9-4-2-3-8(9)10(12)14/h6-7,13H,2-5H2,1H3. The second-order valence-corrected chi connectivity index (χ2v) is 3.83. The van der Waals surface area contributed by atoms with Gasteiger partial charge >= 0.3 is 0 Å². The highest BCUT2D eigenvalue weighted by Crippen LogP contribution is 2.14. The maximum Gasteiger partial charge on any atom is 0.256 e. The van der Waals surface area contributed by atoms with Crippen LogP contribution in [0.15, 0.2) is 11.1 Å². The Hall–Kier alpha value is -1.16. The Morgan fingerprint density at radius 2 is 2.43 bits per heavy atom. The fourth-order valence-corrected chi connectivity index (χ4v) is 1.88. The zero-order valence-electron chi connectivity index (χ0n) is 8.23. The molecular weight excluding hydrogens is 180 g/mol. The molecule has 0 radical (unpaired) electrons. The molecule has 0 saturated carbocycles. The summed E-state index contributed by atoms with van der Waals surface area (Å²) in [6, 6.07) is 0. The zero-order chi connectivity index (χ0) is 10.1. The summed E-state index contributed by atoms with van der Waals surface area (Å²) >= 11 is 0. The molecule has 1 unspecified atom stereocenters. The van der Waals surface area contributed by atoms with E-state index in [2.05, 4.69) is 4.98 Å². The molecule has 0 amide bonds. The first-order valence-corrected chi connectivity index (χ1v) is 4.93. The van der Waals surface area contributed by atoms with Crippen LogP contribution in [-0.4, -0.2) is 20.8 Å². The lowest BCUT2D eigenvalue weighted by molar-refractivity contribution is 0.171. The molecule has 1 heterocycles. The Bertz CT molecular complexity index is 396. The molecule has 4 nitrogen and oxygen atoms in total. The summed E-state index contributed by atoms with van der Waals surface area (Å²) in [5, 5.41) is 9.19. The minimum Gasteiger partial charge on any atom is -0.392 e. The van der Waals surface area contributed by atoms with Crippen molar-refractivity contribution in [3.8, 4) is 0 Å². The van der Waals surface area contributed by atoms with Crippen LogP contribution in [0.5, 0.6) is 0 Å². The minimum atomic E-state index is -0.506. The van der Waals surface area contributed by atoms with Crippen LogP contribution in [-0.2, 0) is 19.4 Å². The van der Waals surface area contributed by atoms with Crippen LogP contribution in [0.4, 0.5) is 0 Å². The van der Waals surface area contributed by atoms with Crippen LogP contribution < -0.4 is 5.56 Å². The number of aliphatic hydroxyl groups is 1. The predicted molar refractivity (Wildman–Crippen MR) is 52.2 cm³/mol. The molecule has 1 atom stereocenters. The molecule has 2 rings (SSSR count). The summed E-state index contributed by atoms with van der Waals surface area (Å²) in [6.45, 7) is 2.00. The molecule has 0 fully saturated rings. The second kappa shape index (κ2) is 3.53. The van der Waals surface area contributed by atoms with E-state index in [-0.39, 0.29) is 5.56 Å². The first-order valence-electron chi connectivity index (χ1n) is 4.93. The Labute approximate surface area is 82.2 Å². The highest BCUT2D eigenvalue weighted by molar-refractivity contribution is 5.21. The maximum atomic E-state index is 11.8. The molecule has 0 aromatic carbocycles. The van der Waals surface area contributed by atoms with Gasteiger partial charge in [0.05, 0.1) is 24.7 Å². The number of hydrogen-bond donors (Lipinski definition) is 1. The van der Waals surface area contributed by atoms with Gasteiger partial charge in [-0.25, -0.2) is 4.98 Å². The van der Waals surface area contributed by atoms with E-state index in [4.69, 9.17) is 0 Å². The normalized spacial score (nSPS) is 16.7. The van der Waals surface area contributed by atoms with E-state index in [1.807, 2.05) is 0 Å². The molecule has 14 heavy (non-hydrogen) atoms. The monoisotopic (exact) mass is 194 g/mol. The lowest BCUT2D eigenvalue weighted by atomic mass is 10.2. The van der Waals surface area contributed by atoms with Crippen LogP contribution in [0.2, 0.25) is 0 Å². The smallest absolute Gasteiger partial charge is 0.256 e. The summed E-state index contributed by atoms with van der Waals surface area (Å²) < 4.78 is 1.49. The van der Waals surface area contributed by atoms with Gasteiger partial charge in [-0.1, -0.05) is 0 Å². The molecule has 0 bridgehead atoms. The van der Waals surface area contributed by atoms with E-state index in [1.165, 1.54) is 4.57 Å². The number of hydrogen-bond acceptors (Lipinski definition) is 3. The van der Waals surface area contributed by atoms with E-state index in [1.54, 1.807) is 13.3 Å². The third kappa shape index (κ3) is 1.57. The highest BCUT2D eigenvalue weighted by atomic mass is 16.3. The molecule has 4 heteroatoms. The van der Waals surface area contributed by atoms with Crippen LogP contribution in [0, 0.1) is 0 Å². The van der Waals surface area contributed by atoms with Gasteiger partial charge in [-0.15, -0.1) is 0 Å². The van der Waals surface area contributed by atoms with Crippen molar-refractivity contribution in [2.45, 2.75) is 38.8 Å². The molecule has 0 aliphatic heterocycles. The van der Waals surface area contributed by atoms with Crippen LogP contribution in [0.3, 0.4) is 0 Å². The molecule has 1 aromatic rings. The van der Waals surface area contributed by atoms with Crippen molar-refractivity contribution >= 4 is 0 Å².